The molecule has 21 heavy (non-hydrogen) atoms. The summed E-state index contributed by atoms with van der Waals surface area (Å²) in [5.74, 6) is -0.799. The third-order valence-electron chi connectivity index (χ3n) is 3.02. The van der Waals surface area contributed by atoms with Gasteiger partial charge < -0.3 is 10.0 Å². The van der Waals surface area contributed by atoms with E-state index in [1.807, 2.05) is 13.0 Å². The largest absolute Gasteiger partial charge is 0.480 e. The lowest BCUT2D eigenvalue weighted by Crippen LogP contribution is -2.32. The summed E-state index contributed by atoms with van der Waals surface area (Å²) in [4.78, 5) is 28.4. The van der Waals surface area contributed by atoms with Gasteiger partial charge in [-0.1, -0.05) is 13.0 Å². The highest BCUT2D eigenvalue weighted by molar-refractivity contribution is 5.96. The summed E-state index contributed by atoms with van der Waals surface area (Å²) in [7, 11) is 1.45. The Hall–Kier alpha value is -2.70. The molecule has 0 radical (unpaired) electrons. The Bertz CT molecular complexity index is 651. The minimum absolute atomic E-state index is 0.350. The number of carbonyl (C=O) groups is 2. The number of rotatable bonds is 5. The molecule has 0 unspecified atom stereocenters. The van der Waals surface area contributed by atoms with E-state index < -0.39 is 5.97 Å². The van der Waals surface area contributed by atoms with Crippen LogP contribution in [0, 0.1) is 0 Å². The van der Waals surface area contributed by atoms with Crippen LogP contribution in [0.5, 0.6) is 0 Å². The molecule has 110 valence electrons. The maximum atomic E-state index is 12.3. The molecule has 0 aliphatic heterocycles. The van der Waals surface area contributed by atoms with Gasteiger partial charge in [0.05, 0.1) is 17.5 Å². The van der Waals surface area contributed by atoms with Crippen LogP contribution in [-0.2, 0) is 11.2 Å². The second-order valence-electron chi connectivity index (χ2n) is 4.51. The molecule has 0 aromatic carbocycles. The van der Waals surface area contributed by atoms with E-state index in [1.54, 1.807) is 23.0 Å². The Kier molecular flexibility index (Phi) is 4.32. The normalized spacial score (nSPS) is 10.4. The van der Waals surface area contributed by atoms with E-state index in [9.17, 15) is 9.59 Å². The van der Waals surface area contributed by atoms with Gasteiger partial charge >= 0.3 is 5.97 Å². The molecule has 0 aliphatic rings. The van der Waals surface area contributed by atoms with Crippen LogP contribution in [0.2, 0.25) is 0 Å². The predicted molar refractivity (Wildman–Crippen MR) is 75.3 cm³/mol. The summed E-state index contributed by atoms with van der Waals surface area (Å²) in [6.07, 6.45) is 3.68. The van der Waals surface area contributed by atoms with Crippen molar-refractivity contribution in [1.82, 2.24) is 19.7 Å². The number of aromatic nitrogens is 3. The minimum atomic E-state index is -1.05. The zero-order valence-corrected chi connectivity index (χ0v) is 11.9. The molecule has 0 fully saturated rings. The lowest BCUT2D eigenvalue weighted by molar-refractivity contribution is -0.137. The Labute approximate surface area is 121 Å². The number of likely N-dealkylation sites (N-methyl/N-ethyl adjacent to an activating group) is 1. The van der Waals surface area contributed by atoms with Crippen molar-refractivity contribution < 1.29 is 14.7 Å². The minimum Gasteiger partial charge on any atom is -0.480 e. The molecule has 7 nitrogen and oxygen atoms in total. The van der Waals surface area contributed by atoms with Crippen LogP contribution in [0.3, 0.4) is 0 Å². The Morgan fingerprint density at radius 2 is 2.14 bits per heavy atom. The number of aliphatic carboxylic acids is 1. The third kappa shape index (κ3) is 3.07. The second-order valence-corrected chi connectivity index (χ2v) is 4.51. The van der Waals surface area contributed by atoms with Crippen molar-refractivity contribution >= 4 is 11.9 Å². The predicted octanol–water partition coefficient (Wildman–Crippen LogP) is 0.986. The number of hydrogen-bond acceptors (Lipinski definition) is 4. The number of nitrogens with zero attached hydrogens (tertiary/aromatic N) is 4. The summed E-state index contributed by atoms with van der Waals surface area (Å²) < 4.78 is 1.60. The van der Waals surface area contributed by atoms with E-state index in [2.05, 4.69) is 10.1 Å². The highest BCUT2D eigenvalue weighted by atomic mass is 16.4. The van der Waals surface area contributed by atoms with Gasteiger partial charge in [0, 0.05) is 13.2 Å². The van der Waals surface area contributed by atoms with Crippen LogP contribution in [0.25, 0.3) is 5.82 Å². The number of carboxylic acids is 1. The van der Waals surface area contributed by atoms with Crippen LogP contribution in [0.4, 0.5) is 0 Å². The van der Waals surface area contributed by atoms with E-state index in [-0.39, 0.29) is 12.5 Å². The molecule has 0 atom stereocenters. The van der Waals surface area contributed by atoms with Gasteiger partial charge in [-0.05, 0) is 18.6 Å². The molecule has 0 bridgehead atoms. The molecule has 0 saturated heterocycles. The van der Waals surface area contributed by atoms with Gasteiger partial charge in [0.25, 0.3) is 5.91 Å². The number of carbonyl (C=O) groups excluding carboxylic acids is 1. The van der Waals surface area contributed by atoms with Gasteiger partial charge in [0.2, 0.25) is 0 Å². The van der Waals surface area contributed by atoms with Crippen LogP contribution in [0.15, 0.2) is 30.6 Å². The molecule has 0 spiro atoms. The Morgan fingerprint density at radius 1 is 1.38 bits per heavy atom. The van der Waals surface area contributed by atoms with Crippen molar-refractivity contribution in [3.05, 3.63) is 41.9 Å². The Morgan fingerprint density at radius 3 is 2.71 bits per heavy atom. The maximum absolute atomic E-state index is 12.3. The average molecular weight is 288 g/mol. The summed E-state index contributed by atoms with van der Waals surface area (Å²) in [6, 6.07) is 5.42. The third-order valence-corrected chi connectivity index (χ3v) is 3.02. The first-order valence-electron chi connectivity index (χ1n) is 6.50. The summed E-state index contributed by atoms with van der Waals surface area (Å²) in [6.45, 7) is 1.56. The van der Waals surface area contributed by atoms with Crippen LogP contribution >= 0.6 is 0 Å². The molecule has 2 aromatic rings. The van der Waals surface area contributed by atoms with E-state index in [0.717, 1.165) is 4.90 Å². The summed E-state index contributed by atoms with van der Waals surface area (Å²) in [5.41, 5.74) is 1.10. The second kappa shape index (κ2) is 6.17. The van der Waals surface area contributed by atoms with Crippen molar-refractivity contribution in [2.75, 3.05) is 13.6 Å². The van der Waals surface area contributed by atoms with Gasteiger partial charge in [-0.15, -0.1) is 0 Å². The molecule has 2 heterocycles. The first-order chi connectivity index (χ1) is 10.0. The number of carboxylic acid groups (broad SMARTS) is 1. The van der Waals surface area contributed by atoms with E-state index in [1.165, 1.54) is 13.2 Å². The van der Waals surface area contributed by atoms with E-state index in [0.29, 0.717) is 23.5 Å². The first kappa shape index (κ1) is 14.7. The Balaban J connectivity index is 2.36. The molecule has 0 aliphatic carbocycles. The molecule has 2 aromatic heterocycles. The highest BCUT2D eigenvalue weighted by Crippen LogP contribution is 2.15. The van der Waals surface area contributed by atoms with Crippen molar-refractivity contribution in [3.63, 3.8) is 0 Å². The van der Waals surface area contributed by atoms with E-state index >= 15 is 0 Å². The quantitative estimate of drug-likeness (QED) is 0.886. The summed E-state index contributed by atoms with van der Waals surface area (Å²) in [5, 5.41) is 13.0. The van der Waals surface area contributed by atoms with Crippen LogP contribution in [-0.4, -0.2) is 50.2 Å². The van der Waals surface area contributed by atoms with Crippen LogP contribution in [0.1, 0.15) is 23.0 Å². The average Bonchev–Trinajstić information content (AvgIpc) is 2.90. The molecular formula is C14H16N4O3. The fraction of sp³-hybridized carbons (Fsp3) is 0.286. The molecule has 7 heteroatoms. The monoisotopic (exact) mass is 288 g/mol. The first-order valence-corrected chi connectivity index (χ1v) is 6.50. The molecule has 2 rings (SSSR count). The fourth-order valence-electron chi connectivity index (χ4n) is 2.05. The highest BCUT2D eigenvalue weighted by Gasteiger charge is 2.21. The number of amides is 1. The van der Waals surface area contributed by atoms with E-state index in [4.69, 9.17) is 5.11 Å². The van der Waals surface area contributed by atoms with Gasteiger partial charge in [0.15, 0.2) is 5.82 Å². The molecule has 0 saturated carbocycles. The van der Waals surface area contributed by atoms with Gasteiger partial charge in [-0.3, -0.25) is 9.59 Å². The molecular weight excluding hydrogens is 272 g/mol. The van der Waals surface area contributed by atoms with Gasteiger partial charge in [0.1, 0.15) is 6.54 Å². The lowest BCUT2D eigenvalue weighted by atomic mass is 10.2. The fourth-order valence-corrected chi connectivity index (χ4v) is 2.05. The van der Waals surface area contributed by atoms with Crippen molar-refractivity contribution in [1.29, 1.82) is 0 Å². The van der Waals surface area contributed by atoms with Crippen molar-refractivity contribution in [2.24, 2.45) is 0 Å². The lowest BCUT2D eigenvalue weighted by Gasteiger charge is -2.14. The zero-order chi connectivity index (χ0) is 15.4. The molecule has 1 amide bonds. The standard InChI is InChI=1S/C14H16N4O3/c1-3-11-10(14(21)17(2)9-13(19)20)8-16-18(11)12-6-4-5-7-15-12/h4-8H,3,9H2,1-2H3,(H,19,20). The SMILES string of the molecule is CCc1c(C(=O)N(C)CC(=O)O)cnn1-c1ccccn1. The molecule has 1 N–H and O–H groups in total. The van der Waals surface area contributed by atoms with Crippen molar-refractivity contribution in [2.45, 2.75) is 13.3 Å². The number of pyridine rings is 1. The zero-order valence-electron chi connectivity index (χ0n) is 11.9. The van der Waals surface area contributed by atoms with Crippen molar-refractivity contribution in [3.8, 4) is 5.82 Å². The maximum Gasteiger partial charge on any atom is 0.323 e. The van der Waals surface area contributed by atoms with Crippen LogP contribution < -0.4 is 0 Å². The van der Waals surface area contributed by atoms with Gasteiger partial charge in [-0.2, -0.15) is 5.10 Å². The number of hydrogen-bond donors (Lipinski definition) is 1. The van der Waals surface area contributed by atoms with Gasteiger partial charge in [-0.25, -0.2) is 9.67 Å². The summed E-state index contributed by atoms with van der Waals surface area (Å²) >= 11 is 0. The smallest absolute Gasteiger partial charge is 0.323 e. The topological polar surface area (TPSA) is 88.3 Å².